The molecule has 1 amide bonds. The monoisotopic (exact) mass is 290 g/mol. The SMILES string of the molecule is CC(C)C1CCCCN1C(=O)CC1COCCN1.Cl. The Balaban J connectivity index is 0.00000180. The van der Waals surface area contributed by atoms with E-state index in [1.165, 1.54) is 6.42 Å². The maximum Gasteiger partial charge on any atom is 0.224 e. The van der Waals surface area contributed by atoms with E-state index in [0.29, 0.717) is 30.9 Å². The van der Waals surface area contributed by atoms with Gasteiger partial charge in [0.2, 0.25) is 5.91 Å². The van der Waals surface area contributed by atoms with Crippen molar-refractivity contribution in [1.29, 1.82) is 0 Å². The first-order chi connectivity index (χ1) is 8.68. The van der Waals surface area contributed by atoms with Crippen LogP contribution in [0.3, 0.4) is 0 Å². The van der Waals surface area contributed by atoms with Gasteiger partial charge in [0.1, 0.15) is 0 Å². The smallest absolute Gasteiger partial charge is 0.224 e. The van der Waals surface area contributed by atoms with Crippen molar-refractivity contribution in [1.82, 2.24) is 10.2 Å². The van der Waals surface area contributed by atoms with Gasteiger partial charge in [-0.05, 0) is 25.2 Å². The van der Waals surface area contributed by atoms with Crippen LogP contribution in [0.25, 0.3) is 0 Å². The molecule has 0 radical (unpaired) electrons. The molecular weight excluding hydrogens is 264 g/mol. The third-order valence-electron chi connectivity index (χ3n) is 4.06. The fraction of sp³-hybridized carbons (Fsp3) is 0.929. The van der Waals surface area contributed by atoms with Crippen LogP contribution in [0.15, 0.2) is 0 Å². The van der Waals surface area contributed by atoms with Gasteiger partial charge >= 0.3 is 0 Å². The van der Waals surface area contributed by atoms with Crippen LogP contribution in [-0.4, -0.2) is 49.2 Å². The highest BCUT2D eigenvalue weighted by Crippen LogP contribution is 2.24. The van der Waals surface area contributed by atoms with Gasteiger partial charge in [0.05, 0.1) is 13.2 Å². The Labute approximate surface area is 122 Å². The third kappa shape index (κ3) is 4.62. The summed E-state index contributed by atoms with van der Waals surface area (Å²) in [6.07, 6.45) is 4.17. The number of hydrogen-bond donors (Lipinski definition) is 1. The van der Waals surface area contributed by atoms with Gasteiger partial charge in [-0.15, -0.1) is 12.4 Å². The normalized spacial score (nSPS) is 28.1. The molecule has 4 nitrogen and oxygen atoms in total. The molecule has 0 aromatic heterocycles. The van der Waals surface area contributed by atoms with Crippen LogP contribution in [0.2, 0.25) is 0 Å². The number of likely N-dealkylation sites (tertiary alicyclic amines) is 1. The topological polar surface area (TPSA) is 41.6 Å². The zero-order valence-electron chi connectivity index (χ0n) is 12.1. The quantitative estimate of drug-likeness (QED) is 0.862. The number of carbonyl (C=O) groups excluding carboxylic acids is 1. The first-order valence-corrected chi connectivity index (χ1v) is 7.29. The molecule has 0 aromatic carbocycles. The van der Waals surface area contributed by atoms with Gasteiger partial charge < -0.3 is 15.0 Å². The van der Waals surface area contributed by atoms with Crippen molar-refractivity contribution in [2.75, 3.05) is 26.3 Å². The maximum absolute atomic E-state index is 12.4. The van der Waals surface area contributed by atoms with E-state index >= 15 is 0 Å². The minimum atomic E-state index is 0. The Morgan fingerprint density at radius 3 is 2.84 bits per heavy atom. The van der Waals surface area contributed by atoms with E-state index in [2.05, 4.69) is 24.1 Å². The lowest BCUT2D eigenvalue weighted by Gasteiger charge is -2.39. The van der Waals surface area contributed by atoms with E-state index in [0.717, 1.165) is 32.5 Å². The number of carbonyl (C=O) groups is 1. The highest BCUT2D eigenvalue weighted by molar-refractivity contribution is 5.85. The molecule has 19 heavy (non-hydrogen) atoms. The minimum Gasteiger partial charge on any atom is -0.378 e. The van der Waals surface area contributed by atoms with Crippen molar-refractivity contribution in [3.05, 3.63) is 0 Å². The molecule has 0 aliphatic carbocycles. The number of ether oxygens (including phenoxy) is 1. The molecule has 2 heterocycles. The Morgan fingerprint density at radius 1 is 1.42 bits per heavy atom. The van der Waals surface area contributed by atoms with Crippen LogP contribution in [0.1, 0.15) is 39.5 Å². The number of piperidine rings is 1. The van der Waals surface area contributed by atoms with Crippen molar-refractivity contribution in [2.24, 2.45) is 5.92 Å². The van der Waals surface area contributed by atoms with Crippen LogP contribution < -0.4 is 5.32 Å². The van der Waals surface area contributed by atoms with Gasteiger partial charge in [0, 0.05) is 31.6 Å². The van der Waals surface area contributed by atoms with E-state index in [1.54, 1.807) is 0 Å². The van der Waals surface area contributed by atoms with Crippen molar-refractivity contribution in [3.63, 3.8) is 0 Å². The van der Waals surface area contributed by atoms with E-state index < -0.39 is 0 Å². The average molecular weight is 291 g/mol. The van der Waals surface area contributed by atoms with Gasteiger partial charge in [-0.25, -0.2) is 0 Å². The highest BCUT2D eigenvalue weighted by Gasteiger charge is 2.30. The number of morpholine rings is 1. The lowest BCUT2D eigenvalue weighted by atomic mass is 9.92. The van der Waals surface area contributed by atoms with Crippen LogP contribution in [-0.2, 0) is 9.53 Å². The van der Waals surface area contributed by atoms with Crippen LogP contribution in [0, 0.1) is 5.92 Å². The summed E-state index contributed by atoms with van der Waals surface area (Å²) in [5, 5.41) is 3.36. The fourth-order valence-corrected chi connectivity index (χ4v) is 3.04. The van der Waals surface area contributed by atoms with Crippen molar-refractivity contribution < 1.29 is 9.53 Å². The molecule has 0 spiro atoms. The van der Waals surface area contributed by atoms with Gasteiger partial charge in [-0.1, -0.05) is 13.8 Å². The number of amides is 1. The Kier molecular flexibility index (Phi) is 7.11. The molecule has 2 aliphatic heterocycles. The zero-order valence-corrected chi connectivity index (χ0v) is 12.9. The Hall–Kier alpha value is -0.320. The standard InChI is InChI=1S/C14H26N2O2.ClH/c1-11(2)13-5-3-4-7-16(13)14(17)9-12-10-18-8-6-15-12;/h11-13,15H,3-10H2,1-2H3;1H. The Bertz CT molecular complexity index is 281. The highest BCUT2D eigenvalue weighted by atomic mass is 35.5. The molecule has 1 N–H and O–H groups in total. The predicted molar refractivity (Wildman–Crippen MR) is 78.7 cm³/mol. The average Bonchev–Trinajstić information content (AvgIpc) is 2.40. The van der Waals surface area contributed by atoms with Crippen LogP contribution in [0.5, 0.6) is 0 Å². The largest absolute Gasteiger partial charge is 0.378 e. The van der Waals surface area contributed by atoms with Crippen LogP contribution in [0.4, 0.5) is 0 Å². The van der Waals surface area contributed by atoms with E-state index in [4.69, 9.17) is 4.74 Å². The van der Waals surface area contributed by atoms with Gasteiger partial charge in [0.25, 0.3) is 0 Å². The van der Waals surface area contributed by atoms with Gasteiger partial charge in [-0.3, -0.25) is 4.79 Å². The predicted octanol–water partition coefficient (Wildman–Crippen LogP) is 1.82. The zero-order chi connectivity index (χ0) is 13.0. The number of halogens is 1. The molecule has 0 saturated carbocycles. The number of nitrogens with zero attached hydrogens (tertiary/aromatic N) is 1. The molecule has 2 fully saturated rings. The molecule has 2 unspecified atom stereocenters. The molecule has 2 saturated heterocycles. The number of nitrogens with one attached hydrogen (secondary N) is 1. The number of hydrogen-bond acceptors (Lipinski definition) is 3. The molecule has 112 valence electrons. The summed E-state index contributed by atoms with van der Waals surface area (Å²) in [4.78, 5) is 14.5. The molecule has 2 rings (SSSR count). The minimum absolute atomic E-state index is 0. The molecular formula is C14H27ClN2O2. The number of rotatable bonds is 3. The summed E-state index contributed by atoms with van der Waals surface area (Å²) in [6.45, 7) is 7.69. The van der Waals surface area contributed by atoms with Crippen LogP contribution >= 0.6 is 12.4 Å². The molecule has 0 bridgehead atoms. The van der Waals surface area contributed by atoms with Gasteiger partial charge in [0.15, 0.2) is 0 Å². The van der Waals surface area contributed by atoms with Crippen molar-refractivity contribution in [2.45, 2.75) is 51.6 Å². The second kappa shape index (κ2) is 8.08. The summed E-state index contributed by atoms with van der Waals surface area (Å²) in [6, 6.07) is 0.650. The molecule has 5 heteroatoms. The lowest BCUT2D eigenvalue weighted by Crippen LogP contribution is -2.50. The summed E-state index contributed by atoms with van der Waals surface area (Å²) in [7, 11) is 0. The lowest BCUT2D eigenvalue weighted by molar-refractivity contribution is -0.137. The fourth-order valence-electron chi connectivity index (χ4n) is 3.04. The second-order valence-corrected chi connectivity index (χ2v) is 5.82. The molecule has 0 aromatic rings. The van der Waals surface area contributed by atoms with E-state index in [1.807, 2.05) is 0 Å². The third-order valence-corrected chi connectivity index (χ3v) is 4.06. The molecule has 2 aliphatic rings. The Morgan fingerprint density at radius 2 is 2.21 bits per heavy atom. The summed E-state index contributed by atoms with van der Waals surface area (Å²) in [5.74, 6) is 0.862. The first-order valence-electron chi connectivity index (χ1n) is 7.29. The maximum atomic E-state index is 12.4. The summed E-state index contributed by atoms with van der Waals surface area (Å²) in [5.41, 5.74) is 0. The second-order valence-electron chi connectivity index (χ2n) is 5.82. The molecule has 2 atom stereocenters. The van der Waals surface area contributed by atoms with Crippen molar-refractivity contribution >= 4 is 18.3 Å². The van der Waals surface area contributed by atoms with E-state index in [-0.39, 0.29) is 18.4 Å². The van der Waals surface area contributed by atoms with Gasteiger partial charge in [-0.2, -0.15) is 0 Å². The first kappa shape index (κ1) is 16.7. The summed E-state index contributed by atoms with van der Waals surface area (Å²) < 4.78 is 5.41. The summed E-state index contributed by atoms with van der Waals surface area (Å²) >= 11 is 0. The van der Waals surface area contributed by atoms with E-state index in [9.17, 15) is 4.79 Å². The van der Waals surface area contributed by atoms with Crippen molar-refractivity contribution in [3.8, 4) is 0 Å².